The van der Waals surface area contributed by atoms with Crippen molar-refractivity contribution in [2.75, 3.05) is 43.5 Å². The van der Waals surface area contributed by atoms with Gasteiger partial charge in [-0.2, -0.15) is 10.3 Å². The third-order valence-corrected chi connectivity index (χ3v) is 5.42. The molecule has 4 rings (SSSR count). The van der Waals surface area contributed by atoms with E-state index in [1.807, 2.05) is 30.3 Å². The molecule has 0 bridgehead atoms. The van der Waals surface area contributed by atoms with Gasteiger partial charge >= 0.3 is 0 Å². The summed E-state index contributed by atoms with van der Waals surface area (Å²) in [5, 5.41) is 34.7. The number of hydrogen-bond donors (Lipinski definition) is 2. The van der Waals surface area contributed by atoms with Gasteiger partial charge in [0.05, 0.1) is 23.8 Å². The van der Waals surface area contributed by atoms with Crippen LogP contribution in [0.4, 0.5) is 11.6 Å². The quantitative estimate of drug-likeness (QED) is 0.644. The lowest BCUT2D eigenvalue weighted by Gasteiger charge is -2.32. The van der Waals surface area contributed by atoms with Crippen LogP contribution >= 0.6 is 11.6 Å². The van der Waals surface area contributed by atoms with Gasteiger partial charge in [0, 0.05) is 43.5 Å². The van der Waals surface area contributed by atoms with Gasteiger partial charge in [-0.05, 0) is 35.9 Å². The number of hydroxylamine groups is 2. The third-order valence-electron chi connectivity index (χ3n) is 5.12. The van der Waals surface area contributed by atoms with E-state index in [0.29, 0.717) is 54.9 Å². The van der Waals surface area contributed by atoms with Crippen molar-refractivity contribution >= 4 is 34.0 Å². The van der Waals surface area contributed by atoms with Gasteiger partial charge in [0.2, 0.25) is 0 Å². The zero-order valence-corrected chi connectivity index (χ0v) is 17.2. The van der Waals surface area contributed by atoms with Crippen LogP contribution in [0.3, 0.4) is 0 Å². The van der Waals surface area contributed by atoms with Crippen molar-refractivity contribution < 1.29 is 9.94 Å². The number of anilines is 2. The first kappa shape index (κ1) is 20.2. The molecule has 0 unspecified atom stereocenters. The number of nitrogens with one attached hydrogen (secondary N) is 1. The van der Waals surface area contributed by atoms with Gasteiger partial charge in [-0.15, -0.1) is 10.2 Å². The lowest BCUT2D eigenvalue weighted by atomic mass is 10.1. The number of benzene rings is 2. The lowest BCUT2D eigenvalue weighted by molar-refractivity contribution is -0.0936. The summed E-state index contributed by atoms with van der Waals surface area (Å²) in [7, 11) is 1.58. The molecule has 1 aromatic heterocycles. The van der Waals surface area contributed by atoms with Gasteiger partial charge in [0.1, 0.15) is 5.75 Å². The van der Waals surface area contributed by atoms with E-state index in [9.17, 15) is 10.5 Å². The van der Waals surface area contributed by atoms with E-state index in [-0.39, 0.29) is 0 Å². The first-order chi connectivity index (χ1) is 14.6. The second kappa shape index (κ2) is 8.71. The molecule has 8 nitrogen and oxygen atoms in total. The zero-order valence-electron chi connectivity index (χ0n) is 16.5. The van der Waals surface area contributed by atoms with E-state index in [1.165, 1.54) is 5.06 Å². The highest BCUT2D eigenvalue weighted by Crippen LogP contribution is 2.31. The third kappa shape index (κ3) is 4.09. The molecule has 1 fully saturated rings. The number of aromatic nitrogens is 2. The molecule has 2 heterocycles. The van der Waals surface area contributed by atoms with Crippen molar-refractivity contribution in [3.63, 3.8) is 0 Å². The molecule has 0 saturated carbocycles. The average molecular weight is 425 g/mol. The molecule has 9 heteroatoms. The Kier molecular flexibility index (Phi) is 5.86. The van der Waals surface area contributed by atoms with Crippen LogP contribution in [0, 0.1) is 11.3 Å². The number of piperazine rings is 1. The van der Waals surface area contributed by atoms with Gasteiger partial charge < -0.3 is 20.2 Å². The highest BCUT2D eigenvalue weighted by atomic mass is 35.5. The van der Waals surface area contributed by atoms with Crippen LogP contribution in [0.25, 0.3) is 10.8 Å². The summed E-state index contributed by atoms with van der Waals surface area (Å²) in [4.78, 5) is 2.10. The Morgan fingerprint density at radius 3 is 2.63 bits per heavy atom. The Labute approximate surface area is 179 Å². The molecule has 2 aromatic carbocycles. The van der Waals surface area contributed by atoms with Crippen LogP contribution < -0.4 is 15.0 Å². The summed E-state index contributed by atoms with van der Waals surface area (Å²) < 4.78 is 5.19. The molecule has 154 valence electrons. The molecular weight excluding hydrogens is 404 g/mol. The SMILES string of the molecule is COc1ccc(CNc2nnc(N3CCN(O)CC3)c3ccc(C#N)cc23)cc1Cl. The highest BCUT2D eigenvalue weighted by molar-refractivity contribution is 6.32. The Morgan fingerprint density at radius 2 is 1.93 bits per heavy atom. The number of methoxy groups -OCH3 is 1. The van der Waals surface area contributed by atoms with E-state index < -0.39 is 0 Å². The first-order valence-corrected chi connectivity index (χ1v) is 9.92. The second-order valence-electron chi connectivity index (χ2n) is 7.01. The Hall–Kier alpha value is -3.12. The van der Waals surface area contributed by atoms with Crippen molar-refractivity contribution in [3.05, 3.63) is 52.5 Å². The first-order valence-electron chi connectivity index (χ1n) is 9.54. The predicted molar refractivity (Wildman–Crippen MR) is 115 cm³/mol. The van der Waals surface area contributed by atoms with Crippen molar-refractivity contribution in [2.45, 2.75) is 6.54 Å². The molecule has 1 aliphatic heterocycles. The van der Waals surface area contributed by atoms with Crippen molar-refractivity contribution in [2.24, 2.45) is 0 Å². The van der Waals surface area contributed by atoms with Gasteiger partial charge in [-0.3, -0.25) is 0 Å². The summed E-state index contributed by atoms with van der Waals surface area (Å²) in [6, 6.07) is 13.3. The number of ether oxygens (including phenoxy) is 1. The fourth-order valence-electron chi connectivity index (χ4n) is 3.49. The van der Waals surface area contributed by atoms with Gasteiger partial charge in [0.15, 0.2) is 11.6 Å². The van der Waals surface area contributed by atoms with Crippen molar-refractivity contribution in [3.8, 4) is 11.8 Å². The summed E-state index contributed by atoms with van der Waals surface area (Å²) in [5.74, 6) is 1.97. The molecule has 0 spiro atoms. The van der Waals surface area contributed by atoms with E-state index in [0.717, 1.165) is 22.2 Å². The molecule has 0 amide bonds. The number of nitriles is 1. The number of rotatable bonds is 5. The second-order valence-corrected chi connectivity index (χ2v) is 7.41. The number of halogens is 1. The highest BCUT2D eigenvalue weighted by Gasteiger charge is 2.20. The zero-order chi connectivity index (χ0) is 21.1. The van der Waals surface area contributed by atoms with Gasteiger partial charge in [-0.25, -0.2) is 0 Å². The minimum absolute atomic E-state index is 0.493. The monoisotopic (exact) mass is 424 g/mol. The topological polar surface area (TPSA) is 97.5 Å². The van der Waals surface area contributed by atoms with Crippen LogP contribution in [0.2, 0.25) is 5.02 Å². The summed E-state index contributed by atoms with van der Waals surface area (Å²) in [5.41, 5.74) is 1.52. The number of fused-ring (bicyclic) bond motifs is 1. The minimum Gasteiger partial charge on any atom is -0.495 e. The molecular formula is C21H21ClN6O2. The molecule has 2 N–H and O–H groups in total. The molecule has 0 radical (unpaired) electrons. The summed E-state index contributed by atoms with van der Waals surface area (Å²) in [6.07, 6.45) is 0. The standard InChI is InChI=1S/C21H21ClN6O2/c1-30-19-5-3-15(11-18(19)22)13-24-20-17-10-14(12-23)2-4-16(17)21(26-25-20)27-6-8-28(29)9-7-27/h2-5,10-11,29H,6-9,13H2,1H3,(H,24,25). The van der Waals surface area contributed by atoms with Crippen molar-refractivity contribution in [1.82, 2.24) is 15.3 Å². The van der Waals surface area contributed by atoms with Crippen LogP contribution in [0.15, 0.2) is 36.4 Å². The van der Waals surface area contributed by atoms with Gasteiger partial charge in [-0.1, -0.05) is 17.7 Å². The van der Waals surface area contributed by atoms with E-state index in [4.69, 9.17) is 16.3 Å². The maximum absolute atomic E-state index is 9.64. The smallest absolute Gasteiger partial charge is 0.159 e. The number of hydrogen-bond acceptors (Lipinski definition) is 8. The lowest BCUT2D eigenvalue weighted by Crippen LogP contribution is -2.45. The molecule has 1 saturated heterocycles. The molecule has 3 aromatic rings. The van der Waals surface area contributed by atoms with E-state index >= 15 is 0 Å². The largest absolute Gasteiger partial charge is 0.495 e. The molecule has 0 aliphatic carbocycles. The van der Waals surface area contributed by atoms with Crippen LogP contribution in [0.1, 0.15) is 11.1 Å². The van der Waals surface area contributed by atoms with Crippen LogP contribution in [-0.4, -0.2) is 53.8 Å². The maximum Gasteiger partial charge on any atom is 0.159 e. The summed E-state index contributed by atoms with van der Waals surface area (Å²) >= 11 is 6.22. The van der Waals surface area contributed by atoms with Crippen LogP contribution in [0.5, 0.6) is 5.75 Å². The Balaban J connectivity index is 1.65. The van der Waals surface area contributed by atoms with E-state index in [2.05, 4.69) is 26.5 Å². The molecule has 0 atom stereocenters. The minimum atomic E-state index is 0.493. The fraction of sp³-hybridized carbons (Fsp3) is 0.286. The summed E-state index contributed by atoms with van der Waals surface area (Å²) in [6.45, 7) is 2.87. The van der Waals surface area contributed by atoms with Crippen LogP contribution in [-0.2, 0) is 6.54 Å². The Morgan fingerprint density at radius 1 is 1.13 bits per heavy atom. The normalized spacial score (nSPS) is 14.5. The number of nitrogens with zero attached hydrogens (tertiary/aromatic N) is 5. The Bertz CT molecular complexity index is 1110. The molecule has 30 heavy (non-hydrogen) atoms. The molecule has 1 aliphatic rings. The van der Waals surface area contributed by atoms with E-state index in [1.54, 1.807) is 13.2 Å². The van der Waals surface area contributed by atoms with Gasteiger partial charge in [0.25, 0.3) is 0 Å². The predicted octanol–water partition coefficient (Wildman–Crippen LogP) is 3.29. The fourth-order valence-corrected chi connectivity index (χ4v) is 3.77. The maximum atomic E-state index is 9.64. The van der Waals surface area contributed by atoms with Crippen molar-refractivity contribution in [1.29, 1.82) is 5.26 Å². The average Bonchev–Trinajstić information content (AvgIpc) is 2.77.